The van der Waals surface area contributed by atoms with E-state index >= 15 is 0 Å². The van der Waals surface area contributed by atoms with Gasteiger partial charge >= 0.3 is 5.69 Å². The van der Waals surface area contributed by atoms with E-state index in [4.69, 9.17) is 5.73 Å². The summed E-state index contributed by atoms with van der Waals surface area (Å²) < 4.78 is 0. The van der Waals surface area contributed by atoms with Gasteiger partial charge in [-0.25, -0.2) is 4.79 Å². The SMILES string of the molecule is NC1CCN(c2cnc(=O)[nH]c2)CC1. The minimum atomic E-state index is -0.303. The number of hydrogen-bond acceptors (Lipinski definition) is 4. The Morgan fingerprint density at radius 3 is 2.79 bits per heavy atom. The minimum Gasteiger partial charge on any atom is -0.369 e. The van der Waals surface area contributed by atoms with E-state index in [0.29, 0.717) is 6.04 Å². The second kappa shape index (κ2) is 3.79. The Morgan fingerprint density at radius 1 is 1.50 bits per heavy atom. The maximum absolute atomic E-state index is 10.8. The zero-order chi connectivity index (χ0) is 9.97. The van der Waals surface area contributed by atoms with E-state index in [1.807, 2.05) is 0 Å². The molecule has 0 amide bonds. The number of hydrogen-bond donors (Lipinski definition) is 2. The van der Waals surface area contributed by atoms with Gasteiger partial charge in [0.15, 0.2) is 0 Å². The predicted molar refractivity (Wildman–Crippen MR) is 54.3 cm³/mol. The summed E-state index contributed by atoms with van der Waals surface area (Å²) in [5.74, 6) is 0. The summed E-state index contributed by atoms with van der Waals surface area (Å²) in [7, 11) is 0. The fourth-order valence-electron chi connectivity index (χ4n) is 1.67. The molecule has 1 aromatic heterocycles. The van der Waals surface area contributed by atoms with Crippen LogP contribution < -0.4 is 16.3 Å². The second-order valence-electron chi connectivity index (χ2n) is 3.60. The third-order valence-electron chi connectivity index (χ3n) is 2.56. The van der Waals surface area contributed by atoms with Gasteiger partial charge in [0.25, 0.3) is 0 Å². The second-order valence-corrected chi connectivity index (χ2v) is 3.60. The van der Waals surface area contributed by atoms with Crippen molar-refractivity contribution < 1.29 is 0 Å². The van der Waals surface area contributed by atoms with Crippen LogP contribution in [0, 0.1) is 0 Å². The van der Waals surface area contributed by atoms with Crippen LogP contribution in [0.25, 0.3) is 0 Å². The molecule has 14 heavy (non-hydrogen) atoms. The molecule has 1 aliphatic heterocycles. The van der Waals surface area contributed by atoms with Crippen LogP contribution in [0.2, 0.25) is 0 Å². The molecule has 3 N–H and O–H groups in total. The summed E-state index contributed by atoms with van der Waals surface area (Å²) in [4.78, 5) is 19.2. The highest BCUT2D eigenvalue weighted by Crippen LogP contribution is 2.16. The van der Waals surface area contributed by atoms with Gasteiger partial charge < -0.3 is 15.6 Å². The molecule has 0 saturated carbocycles. The highest BCUT2D eigenvalue weighted by molar-refractivity contribution is 5.41. The number of nitrogens with two attached hydrogens (primary N) is 1. The lowest BCUT2D eigenvalue weighted by molar-refractivity contribution is 0.500. The first-order valence-corrected chi connectivity index (χ1v) is 4.81. The van der Waals surface area contributed by atoms with E-state index in [1.165, 1.54) is 0 Å². The molecule has 5 heteroatoms. The van der Waals surface area contributed by atoms with Crippen molar-refractivity contribution in [2.45, 2.75) is 18.9 Å². The number of aromatic amines is 1. The fourth-order valence-corrected chi connectivity index (χ4v) is 1.67. The van der Waals surface area contributed by atoms with Gasteiger partial charge in [0, 0.05) is 25.3 Å². The average molecular weight is 194 g/mol. The normalized spacial score (nSPS) is 18.5. The zero-order valence-corrected chi connectivity index (χ0v) is 7.94. The first-order valence-electron chi connectivity index (χ1n) is 4.81. The topological polar surface area (TPSA) is 75.0 Å². The average Bonchev–Trinajstić information content (AvgIpc) is 2.21. The van der Waals surface area contributed by atoms with Gasteiger partial charge in [0.1, 0.15) is 0 Å². The molecular formula is C9H14N4O. The molecular weight excluding hydrogens is 180 g/mol. The standard InChI is InChI=1S/C9H14N4O/c10-7-1-3-13(4-2-7)8-5-11-9(14)12-6-8/h5-7H,1-4,10H2,(H,11,12,14). The number of nitrogens with one attached hydrogen (secondary N) is 1. The smallest absolute Gasteiger partial charge is 0.345 e. The summed E-state index contributed by atoms with van der Waals surface area (Å²) in [6.07, 6.45) is 5.31. The van der Waals surface area contributed by atoms with Crippen LogP contribution in [0.4, 0.5) is 5.69 Å². The number of nitrogens with zero attached hydrogens (tertiary/aromatic N) is 2. The van der Waals surface area contributed by atoms with Gasteiger partial charge in [-0.3, -0.25) is 0 Å². The van der Waals surface area contributed by atoms with Crippen LogP contribution in [0.5, 0.6) is 0 Å². The van der Waals surface area contributed by atoms with Crippen molar-refractivity contribution in [3.05, 3.63) is 22.9 Å². The Morgan fingerprint density at radius 2 is 2.21 bits per heavy atom. The summed E-state index contributed by atoms with van der Waals surface area (Å²) in [5.41, 5.74) is 6.46. The van der Waals surface area contributed by atoms with Crippen molar-refractivity contribution in [3.63, 3.8) is 0 Å². The molecule has 0 aliphatic carbocycles. The summed E-state index contributed by atoms with van der Waals surface area (Å²) in [5, 5.41) is 0. The number of H-pyrrole nitrogens is 1. The van der Waals surface area contributed by atoms with Gasteiger partial charge in [-0.05, 0) is 12.8 Å². The van der Waals surface area contributed by atoms with Gasteiger partial charge in [0.05, 0.1) is 11.9 Å². The van der Waals surface area contributed by atoms with Crippen molar-refractivity contribution >= 4 is 5.69 Å². The Hall–Kier alpha value is -1.36. The highest BCUT2D eigenvalue weighted by Gasteiger charge is 2.16. The van der Waals surface area contributed by atoms with Crippen molar-refractivity contribution in [3.8, 4) is 0 Å². The predicted octanol–water partition coefficient (Wildman–Crippen LogP) is -0.303. The first kappa shape index (κ1) is 9.21. The monoisotopic (exact) mass is 194 g/mol. The van der Waals surface area contributed by atoms with Gasteiger partial charge in [-0.2, -0.15) is 4.98 Å². The van der Waals surface area contributed by atoms with Crippen LogP contribution in [0.15, 0.2) is 17.2 Å². The molecule has 2 rings (SSSR count). The molecule has 0 aromatic carbocycles. The van der Waals surface area contributed by atoms with E-state index in [2.05, 4.69) is 14.9 Å². The van der Waals surface area contributed by atoms with E-state index in [9.17, 15) is 4.79 Å². The molecule has 1 aliphatic rings. The van der Waals surface area contributed by atoms with E-state index in [1.54, 1.807) is 12.4 Å². The summed E-state index contributed by atoms with van der Waals surface area (Å²) in [6.45, 7) is 1.88. The summed E-state index contributed by atoms with van der Waals surface area (Å²) >= 11 is 0. The lowest BCUT2D eigenvalue weighted by Gasteiger charge is -2.31. The van der Waals surface area contributed by atoms with E-state index < -0.39 is 0 Å². The van der Waals surface area contributed by atoms with Gasteiger partial charge in [-0.1, -0.05) is 0 Å². The molecule has 0 radical (unpaired) electrons. The Kier molecular flexibility index (Phi) is 2.49. The third-order valence-corrected chi connectivity index (χ3v) is 2.56. The number of piperidine rings is 1. The molecule has 1 saturated heterocycles. The largest absolute Gasteiger partial charge is 0.369 e. The third kappa shape index (κ3) is 1.93. The van der Waals surface area contributed by atoms with Crippen molar-refractivity contribution in [1.29, 1.82) is 0 Å². The van der Waals surface area contributed by atoms with E-state index in [-0.39, 0.29) is 5.69 Å². The van der Waals surface area contributed by atoms with Crippen LogP contribution >= 0.6 is 0 Å². The molecule has 76 valence electrons. The van der Waals surface area contributed by atoms with Gasteiger partial charge in [-0.15, -0.1) is 0 Å². The molecule has 2 heterocycles. The number of aromatic nitrogens is 2. The summed E-state index contributed by atoms with van der Waals surface area (Å²) in [6, 6.07) is 0.321. The van der Waals surface area contributed by atoms with E-state index in [0.717, 1.165) is 31.6 Å². The van der Waals surface area contributed by atoms with Crippen molar-refractivity contribution in [2.75, 3.05) is 18.0 Å². The van der Waals surface area contributed by atoms with Crippen LogP contribution in [-0.2, 0) is 0 Å². The lowest BCUT2D eigenvalue weighted by atomic mass is 10.1. The van der Waals surface area contributed by atoms with Crippen LogP contribution in [0.3, 0.4) is 0 Å². The highest BCUT2D eigenvalue weighted by atomic mass is 16.1. The molecule has 1 aromatic rings. The lowest BCUT2D eigenvalue weighted by Crippen LogP contribution is -2.39. The quantitative estimate of drug-likeness (QED) is 0.643. The van der Waals surface area contributed by atoms with Gasteiger partial charge in [0.2, 0.25) is 0 Å². The Labute approximate surface area is 82.0 Å². The first-order chi connectivity index (χ1) is 6.75. The molecule has 0 bridgehead atoms. The molecule has 0 unspecified atom stereocenters. The number of rotatable bonds is 1. The Bertz CT molecular complexity index is 334. The molecule has 0 spiro atoms. The Balaban J connectivity index is 2.08. The minimum absolute atomic E-state index is 0.303. The van der Waals surface area contributed by atoms with Crippen molar-refractivity contribution in [1.82, 2.24) is 9.97 Å². The zero-order valence-electron chi connectivity index (χ0n) is 7.94. The van der Waals surface area contributed by atoms with Crippen LogP contribution in [0.1, 0.15) is 12.8 Å². The fraction of sp³-hybridized carbons (Fsp3) is 0.556. The van der Waals surface area contributed by atoms with Crippen LogP contribution in [-0.4, -0.2) is 29.1 Å². The number of anilines is 1. The molecule has 5 nitrogen and oxygen atoms in total. The molecule has 1 fully saturated rings. The maximum Gasteiger partial charge on any atom is 0.345 e. The van der Waals surface area contributed by atoms with Crippen molar-refractivity contribution in [2.24, 2.45) is 5.73 Å². The maximum atomic E-state index is 10.8. The molecule has 0 atom stereocenters.